The standard InChI is InChI=1S/C18H17ClFNO3/c1-12(18(23)21-11-13-6-8-15(20)9-7-13)24-17(22)10-14-4-2-3-5-16(14)19/h2-9,12H,10-11H2,1H3,(H,21,23)/t12-/m1/s1. The fourth-order valence-corrected chi connectivity index (χ4v) is 2.23. The van der Waals surface area contributed by atoms with Gasteiger partial charge in [-0.1, -0.05) is 41.9 Å². The first-order chi connectivity index (χ1) is 11.5. The van der Waals surface area contributed by atoms with Crippen LogP contribution in [0.3, 0.4) is 0 Å². The molecule has 0 unspecified atom stereocenters. The van der Waals surface area contributed by atoms with Gasteiger partial charge in [-0.3, -0.25) is 9.59 Å². The van der Waals surface area contributed by atoms with E-state index in [9.17, 15) is 14.0 Å². The third kappa shape index (κ3) is 5.35. The molecule has 0 saturated carbocycles. The lowest BCUT2D eigenvalue weighted by molar-refractivity contribution is -0.154. The van der Waals surface area contributed by atoms with Gasteiger partial charge in [-0.25, -0.2) is 4.39 Å². The first-order valence-corrected chi connectivity index (χ1v) is 7.78. The number of hydrogen-bond donors (Lipinski definition) is 1. The summed E-state index contributed by atoms with van der Waals surface area (Å²) in [5.41, 5.74) is 1.39. The molecule has 0 bridgehead atoms. The molecule has 0 aliphatic rings. The van der Waals surface area contributed by atoms with Gasteiger partial charge >= 0.3 is 5.97 Å². The van der Waals surface area contributed by atoms with Gasteiger partial charge < -0.3 is 10.1 Å². The maximum absolute atomic E-state index is 12.8. The molecule has 0 fully saturated rings. The zero-order valence-electron chi connectivity index (χ0n) is 13.1. The van der Waals surface area contributed by atoms with Crippen LogP contribution in [0.1, 0.15) is 18.1 Å². The van der Waals surface area contributed by atoms with E-state index in [1.807, 2.05) is 0 Å². The van der Waals surface area contributed by atoms with E-state index in [1.165, 1.54) is 19.1 Å². The summed E-state index contributed by atoms with van der Waals surface area (Å²) in [6.07, 6.45) is -0.935. The van der Waals surface area contributed by atoms with E-state index in [0.717, 1.165) is 5.56 Å². The van der Waals surface area contributed by atoms with Crippen LogP contribution in [-0.4, -0.2) is 18.0 Å². The Bertz CT molecular complexity index is 718. The third-order valence-electron chi connectivity index (χ3n) is 3.35. The van der Waals surface area contributed by atoms with Crippen LogP contribution >= 0.6 is 11.6 Å². The number of hydrogen-bond acceptors (Lipinski definition) is 3. The Morgan fingerprint density at radius 3 is 2.50 bits per heavy atom. The maximum atomic E-state index is 12.8. The van der Waals surface area contributed by atoms with Gasteiger partial charge in [0.05, 0.1) is 6.42 Å². The van der Waals surface area contributed by atoms with Crippen LogP contribution in [0.2, 0.25) is 5.02 Å². The van der Waals surface area contributed by atoms with Crippen molar-refractivity contribution in [2.45, 2.75) is 26.0 Å². The van der Waals surface area contributed by atoms with Gasteiger partial charge in [-0.05, 0) is 36.2 Å². The summed E-state index contributed by atoms with van der Waals surface area (Å²) in [4.78, 5) is 23.8. The number of nitrogens with one attached hydrogen (secondary N) is 1. The van der Waals surface area contributed by atoms with Crippen molar-refractivity contribution >= 4 is 23.5 Å². The largest absolute Gasteiger partial charge is 0.452 e. The molecule has 6 heteroatoms. The van der Waals surface area contributed by atoms with Crippen LogP contribution in [0.25, 0.3) is 0 Å². The number of esters is 1. The van der Waals surface area contributed by atoms with Gasteiger partial charge in [-0.15, -0.1) is 0 Å². The lowest BCUT2D eigenvalue weighted by atomic mass is 10.1. The minimum absolute atomic E-state index is 0.00471. The van der Waals surface area contributed by atoms with Crippen molar-refractivity contribution in [3.63, 3.8) is 0 Å². The molecule has 1 amide bonds. The van der Waals surface area contributed by atoms with E-state index in [1.54, 1.807) is 36.4 Å². The molecule has 4 nitrogen and oxygen atoms in total. The van der Waals surface area contributed by atoms with E-state index in [-0.39, 0.29) is 18.8 Å². The first kappa shape index (κ1) is 17.9. The zero-order chi connectivity index (χ0) is 17.5. The Balaban J connectivity index is 1.81. The van der Waals surface area contributed by atoms with Gasteiger partial charge in [0.1, 0.15) is 5.82 Å². The summed E-state index contributed by atoms with van der Waals surface area (Å²) in [5, 5.41) is 3.11. The molecule has 0 radical (unpaired) electrons. The van der Waals surface area contributed by atoms with Gasteiger partial charge in [-0.2, -0.15) is 0 Å². The Labute approximate surface area is 144 Å². The SMILES string of the molecule is C[C@@H](OC(=O)Cc1ccccc1Cl)C(=O)NCc1ccc(F)cc1. The molecule has 0 saturated heterocycles. The molecule has 1 atom stereocenters. The van der Waals surface area contributed by atoms with Crippen molar-refractivity contribution in [2.24, 2.45) is 0 Å². The average Bonchev–Trinajstić information content (AvgIpc) is 2.56. The van der Waals surface area contributed by atoms with Crippen LogP contribution in [0.5, 0.6) is 0 Å². The predicted octanol–water partition coefficient (Wildman–Crippen LogP) is 3.27. The number of amides is 1. The highest BCUT2D eigenvalue weighted by molar-refractivity contribution is 6.31. The van der Waals surface area contributed by atoms with Crippen LogP contribution < -0.4 is 5.32 Å². The highest BCUT2D eigenvalue weighted by atomic mass is 35.5. The topological polar surface area (TPSA) is 55.4 Å². The fraction of sp³-hybridized carbons (Fsp3) is 0.222. The summed E-state index contributed by atoms with van der Waals surface area (Å²) < 4.78 is 17.9. The highest BCUT2D eigenvalue weighted by Crippen LogP contribution is 2.16. The highest BCUT2D eigenvalue weighted by Gasteiger charge is 2.18. The molecule has 1 N–H and O–H groups in total. The number of ether oxygens (including phenoxy) is 1. The maximum Gasteiger partial charge on any atom is 0.311 e. The van der Waals surface area contributed by atoms with Crippen molar-refractivity contribution in [3.8, 4) is 0 Å². The number of carbonyl (C=O) groups excluding carboxylic acids is 2. The Hall–Kier alpha value is -2.40. The number of carbonyl (C=O) groups is 2. The quantitative estimate of drug-likeness (QED) is 0.814. The molecule has 0 aliphatic heterocycles. The van der Waals surface area contributed by atoms with Crippen molar-refractivity contribution in [3.05, 3.63) is 70.5 Å². The molecule has 24 heavy (non-hydrogen) atoms. The summed E-state index contributed by atoms with van der Waals surface area (Å²) in [6.45, 7) is 1.72. The number of rotatable bonds is 6. The van der Waals surface area contributed by atoms with Crippen molar-refractivity contribution in [1.29, 1.82) is 0 Å². The second-order valence-electron chi connectivity index (χ2n) is 5.24. The molecular weight excluding hydrogens is 333 g/mol. The van der Waals surface area contributed by atoms with E-state index in [0.29, 0.717) is 10.6 Å². The molecule has 0 aromatic heterocycles. The van der Waals surface area contributed by atoms with Crippen LogP contribution in [0.4, 0.5) is 4.39 Å². The van der Waals surface area contributed by atoms with Crippen molar-refractivity contribution in [2.75, 3.05) is 0 Å². The first-order valence-electron chi connectivity index (χ1n) is 7.40. The molecule has 2 aromatic rings. The molecule has 0 heterocycles. The second kappa shape index (κ2) is 8.45. The molecular formula is C18H17ClFNO3. The average molecular weight is 350 g/mol. The Kier molecular flexibility index (Phi) is 6.32. The summed E-state index contributed by atoms with van der Waals surface area (Å²) in [7, 11) is 0. The predicted molar refractivity (Wildman–Crippen MR) is 89.0 cm³/mol. The molecule has 0 spiro atoms. The van der Waals surface area contributed by atoms with E-state index in [2.05, 4.69) is 5.32 Å². The van der Waals surface area contributed by atoms with Crippen molar-refractivity contribution in [1.82, 2.24) is 5.32 Å². The lowest BCUT2D eigenvalue weighted by Crippen LogP contribution is -2.35. The second-order valence-corrected chi connectivity index (χ2v) is 5.65. The monoisotopic (exact) mass is 349 g/mol. The van der Waals surface area contributed by atoms with Gasteiger partial charge in [0, 0.05) is 11.6 Å². The molecule has 126 valence electrons. The van der Waals surface area contributed by atoms with Crippen molar-refractivity contribution < 1.29 is 18.7 Å². The number of halogens is 2. The summed E-state index contributed by atoms with van der Waals surface area (Å²) in [6, 6.07) is 12.7. The van der Waals surface area contributed by atoms with Gasteiger partial charge in [0.15, 0.2) is 6.10 Å². The summed E-state index contributed by atoms with van der Waals surface area (Å²) >= 11 is 5.98. The van der Waals surface area contributed by atoms with E-state index >= 15 is 0 Å². The summed E-state index contributed by atoms with van der Waals surface area (Å²) in [5.74, 6) is -1.30. The lowest BCUT2D eigenvalue weighted by Gasteiger charge is -2.14. The van der Waals surface area contributed by atoms with Crippen LogP contribution in [0, 0.1) is 5.82 Å². The number of benzene rings is 2. The van der Waals surface area contributed by atoms with Gasteiger partial charge in [0.2, 0.25) is 0 Å². The van der Waals surface area contributed by atoms with Gasteiger partial charge in [0.25, 0.3) is 5.91 Å². The minimum atomic E-state index is -0.930. The molecule has 2 rings (SSSR count). The minimum Gasteiger partial charge on any atom is -0.452 e. The van der Waals surface area contributed by atoms with E-state index < -0.39 is 18.0 Å². The zero-order valence-corrected chi connectivity index (χ0v) is 13.8. The third-order valence-corrected chi connectivity index (χ3v) is 3.72. The normalized spacial score (nSPS) is 11.6. The van der Waals surface area contributed by atoms with Crippen LogP contribution in [-0.2, 0) is 27.3 Å². The fourth-order valence-electron chi connectivity index (χ4n) is 2.02. The molecule has 0 aliphatic carbocycles. The smallest absolute Gasteiger partial charge is 0.311 e. The van der Waals surface area contributed by atoms with Crippen LogP contribution in [0.15, 0.2) is 48.5 Å². The Morgan fingerprint density at radius 2 is 1.83 bits per heavy atom. The van der Waals surface area contributed by atoms with E-state index in [4.69, 9.17) is 16.3 Å². The Morgan fingerprint density at radius 1 is 1.17 bits per heavy atom. The molecule has 2 aromatic carbocycles.